The molecule has 0 spiro atoms. The van der Waals surface area contributed by atoms with Crippen molar-refractivity contribution in [3.8, 4) is 11.6 Å². The second kappa shape index (κ2) is 5.38. The van der Waals surface area contributed by atoms with Crippen molar-refractivity contribution in [1.82, 2.24) is 4.98 Å². The zero-order chi connectivity index (χ0) is 14.9. The number of nitrogens with two attached hydrogens (primary N) is 1. The number of alkyl halides is 3. The Morgan fingerprint density at radius 3 is 2.45 bits per heavy atom. The van der Waals surface area contributed by atoms with Gasteiger partial charge in [0, 0.05) is 17.3 Å². The first-order valence-electron chi connectivity index (χ1n) is 5.23. The van der Waals surface area contributed by atoms with Crippen molar-refractivity contribution in [2.45, 2.75) is 6.18 Å². The van der Waals surface area contributed by atoms with E-state index in [1.807, 2.05) is 0 Å². The fourth-order valence-corrected chi connectivity index (χ4v) is 1.72. The van der Waals surface area contributed by atoms with E-state index in [0.29, 0.717) is 11.2 Å². The first-order chi connectivity index (χ1) is 9.27. The summed E-state index contributed by atoms with van der Waals surface area (Å²) in [4.78, 5) is 3.54. The summed E-state index contributed by atoms with van der Waals surface area (Å²) in [6.07, 6.45) is -3.90. The Bertz CT molecular complexity index is 647. The van der Waals surface area contributed by atoms with E-state index in [2.05, 4.69) is 4.98 Å². The number of benzene rings is 1. The maximum atomic E-state index is 12.5. The van der Waals surface area contributed by atoms with Crippen LogP contribution in [0.15, 0.2) is 30.5 Å². The zero-order valence-electron chi connectivity index (χ0n) is 9.71. The molecule has 20 heavy (non-hydrogen) atoms. The first-order valence-corrected chi connectivity index (χ1v) is 5.98. The Morgan fingerprint density at radius 2 is 1.85 bits per heavy atom. The van der Waals surface area contributed by atoms with Gasteiger partial charge in [0.15, 0.2) is 5.75 Å². The van der Waals surface area contributed by atoms with Crippen LogP contribution in [0.5, 0.6) is 11.6 Å². The molecule has 1 aromatic heterocycles. The van der Waals surface area contributed by atoms with Crippen LogP contribution in [0.1, 0.15) is 5.56 Å². The third kappa shape index (κ3) is 3.26. The van der Waals surface area contributed by atoms with Crippen LogP contribution in [0.2, 0.25) is 10.0 Å². The van der Waals surface area contributed by atoms with Gasteiger partial charge in [0.1, 0.15) is 5.02 Å². The summed E-state index contributed by atoms with van der Waals surface area (Å²) in [6.45, 7) is 0. The molecule has 0 unspecified atom stereocenters. The summed E-state index contributed by atoms with van der Waals surface area (Å²) < 4.78 is 42.7. The number of anilines is 1. The molecule has 0 aliphatic heterocycles. The van der Waals surface area contributed by atoms with E-state index in [0.717, 1.165) is 6.07 Å². The van der Waals surface area contributed by atoms with Crippen LogP contribution in [-0.2, 0) is 6.18 Å². The van der Waals surface area contributed by atoms with Gasteiger partial charge in [-0.05, 0) is 18.2 Å². The molecule has 1 heterocycles. The highest BCUT2D eigenvalue weighted by atomic mass is 35.5. The van der Waals surface area contributed by atoms with E-state index in [1.54, 1.807) is 6.07 Å². The normalized spacial score (nSPS) is 11.4. The fraction of sp³-hybridized carbons (Fsp3) is 0.0833. The van der Waals surface area contributed by atoms with Gasteiger partial charge in [-0.1, -0.05) is 23.2 Å². The minimum absolute atomic E-state index is 0.159. The van der Waals surface area contributed by atoms with Gasteiger partial charge in [-0.2, -0.15) is 13.2 Å². The average Bonchev–Trinajstić information content (AvgIpc) is 2.35. The molecule has 2 N–H and O–H groups in total. The van der Waals surface area contributed by atoms with Gasteiger partial charge in [0.25, 0.3) is 0 Å². The molecule has 106 valence electrons. The number of pyridine rings is 1. The summed E-state index contributed by atoms with van der Waals surface area (Å²) in [5.74, 6) is -0.0275. The van der Waals surface area contributed by atoms with E-state index in [4.69, 9.17) is 33.7 Å². The number of aromatic nitrogens is 1. The number of hydrogen-bond acceptors (Lipinski definition) is 3. The van der Waals surface area contributed by atoms with E-state index >= 15 is 0 Å². The van der Waals surface area contributed by atoms with Crippen molar-refractivity contribution >= 4 is 28.9 Å². The molecule has 2 rings (SSSR count). The number of rotatable bonds is 2. The number of ether oxygens (including phenoxy) is 1. The van der Waals surface area contributed by atoms with Gasteiger partial charge >= 0.3 is 6.18 Å². The van der Waals surface area contributed by atoms with Crippen LogP contribution in [-0.4, -0.2) is 4.98 Å². The summed E-state index contributed by atoms with van der Waals surface area (Å²) in [6, 6.07) is 5.18. The van der Waals surface area contributed by atoms with E-state index in [-0.39, 0.29) is 22.3 Å². The molecule has 0 saturated heterocycles. The first kappa shape index (κ1) is 14.7. The monoisotopic (exact) mass is 322 g/mol. The van der Waals surface area contributed by atoms with Crippen LogP contribution < -0.4 is 10.5 Å². The molecule has 0 aliphatic carbocycles. The van der Waals surface area contributed by atoms with Crippen molar-refractivity contribution in [2.24, 2.45) is 0 Å². The topological polar surface area (TPSA) is 48.1 Å². The van der Waals surface area contributed by atoms with Crippen molar-refractivity contribution in [3.05, 3.63) is 46.1 Å². The molecule has 0 radical (unpaired) electrons. The van der Waals surface area contributed by atoms with Crippen LogP contribution in [0.25, 0.3) is 0 Å². The smallest absolute Gasteiger partial charge is 0.417 e. The molecular formula is C12H7Cl2F3N2O. The van der Waals surface area contributed by atoms with E-state index in [9.17, 15) is 13.2 Å². The summed E-state index contributed by atoms with van der Waals surface area (Å²) >= 11 is 11.5. The Labute approximate surface area is 122 Å². The average molecular weight is 323 g/mol. The lowest BCUT2D eigenvalue weighted by Gasteiger charge is -2.11. The number of halogens is 5. The number of nitrogens with zero attached hydrogens (tertiary/aromatic N) is 1. The summed E-state index contributed by atoms with van der Waals surface area (Å²) in [5, 5.41) is 0.0800. The Balaban J connectivity index is 2.33. The molecule has 0 atom stereocenters. The van der Waals surface area contributed by atoms with Gasteiger partial charge in [-0.15, -0.1) is 0 Å². The second-order valence-electron chi connectivity index (χ2n) is 3.79. The largest absolute Gasteiger partial charge is 0.435 e. The number of hydrogen-bond donors (Lipinski definition) is 1. The lowest BCUT2D eigenvalue weighted by molar-refractivity contribution is -0.137. The van der Waals surface area contributed by atoms with Crippen LogP contribution in [0.3, 0.4) is 0 Å². The SMILES string of the molecule is Nc1ccc(Cl)cc1Oc1ncc(C(F)(F)F)cc1Cl. The molecule has 1 aromatic carbocycles. The Morgan fingerprint density at radius 1 is 1.15 bits per heavy atom. The summed E-state index contributed by atoms with van der Waals surface area (Å²) in [7, 11) is 0. The molecule has 0 bridgehead atoms. The minimum Gasteiger partial charge on any atom is -0.435 e. The third-order valence-corrected chi connectivity index (χ3v) is 2.82. The molecule has 3 nitrogen and oxygen atoms in total. The standard InChI is InChI=1S/C12H7Cl2F3N2O/c13-7-1-2-9(18)10(4-7)20-11-8(14)3-6(5-19-11)12(15,16)17/h1-5H,18H2. The highest BCUT2D eigenvalue weighted by molar-refractivity contribution is 6.32. The molecule has 0 amide bonds. The van der Waals surface area contributed by atoms with Crippen molar-refractivity contribution in [1.29, 1.82) is 0 Å². The predicted octanol–water partition coefficient (Wildman–Crippen LogP) is 4.78. The minimum atomic E-state index is -4.52. The van der Waals surface area contributed by atoms with Crippen LogP contribution in [0, 0.1) is 0 Å². The maximum absolute atomic E-state index is 12.5. The van der Waals surface area contributed by atoms with Gasteiger partial charge in [0.05, 0.1) is 11.3 Å². The Kier molecular flexibility index (Phi) is 3.96. The predicted molar refractivity (Wildman–Crippen MR) is 70.2 cm³/mol. The summed E-state index contributed by atoms with van der Waals surface area (Å²) in [5.41, 5.74) is 4.94. The van der Waals surface area contributed by atoms with E-state index < -0.39 is 11.7 Å². The quantitative estimate of drug-likeness (QED) is 0.809. The Hall–Kier alpha value is -1.66. The van der Waals surface area contributed by atoms with Crippen LogP contribution in [0.4, 0.5) is 18.9 Å². The highest BCUT2D eigenvalue weighted by Crippen LogP contribution is 2.36. The van der Waals surface area contributed by atoms with Gasteiger partial charge in [0.2, 0.25) is 5.88 Å². The van der Waals surface area contributed by atoms with Gasteiger partial charge in [-0.3, -0.25) is 0 Å². The van der Waals surface area contributed by atoms with Crippen molar-refractivity contribution in [3.63, 3.8) is 0 Å². The van der Waals surface area contributed by atoms with Crippen LogP contribution >= 0.6 is 23.2 Å². The van der Waals surface area contributed by atoms with Crippen molar-refractivity contribution in [2.75, 3.05) is 5.73 Å². The molecular weight excluding hydrogens is 316 g/mol. The zero-order valence-corrected chi connectivity index (χ0v) is 11.2. The molecule has 8 heteroatoms. The van der Waals surface area contributed by atoms with Crippen molar-refractivity contribution < 1.29 is 17.9 Å². The molecule has 0 aliphatic rings. The molecule has 0 saturated carbocycles. The lowest BCUT2D eigenvalue weighted by atomic mass is 10.3. The van der Waals surface area contributed by atoms with Gasteiger partial charge in [-0.25, -0.2) is 4.98 Å². The third-order valence-electron chi connectivity index (χ3n) is 2.32. The van der Waals surface area contributed by atoms with E-state index in [1.165, 1.54) is 12.1 Å². The second-order valence-corrected chi connectivity index (χ2v) is 4.64. The maximum Gasteiger partial charge on any atom is 0.417 e. The number of nitrogen functional groups attached to an aromatic ring is 1. The fourth-order valence-electron chi connectivity index (χ4n) is 1.36. The lowest BCUT2D eigenvalue weighted by Crippen LogP contribution is -2.06. The highest BCUT2D eigenvalue weighted by Gasteiger charge is 2.31. The molecule has 2 aromatic rings. The van der Waals surface area contributed by atoms with Gasteiger partial charge < -0.3 is 10.5 Å². The molecule has 0 fully saturated rings.